The van der Waals surface area contributed by atoms with Gasteiger partial charge in [-0.2, -0.15) is 0 Å². The topological polar surface area (TPSA) is 103 Å². The minimum atomic E-state index is -0.837. The van der Waals surface area contributed by atoms with E-state index in [1.54, 1.807) is 0 Å². The molecule has 0 spiro atoms. The molecule has 1 aliphatic carbocycles. The monoisotopic (exact) mass is 334 g/mol. The van der Waals surface area contributed by atoms with Crippen LogP contribution in [0.5, 0.6) is 0 Å². The molecule has 0 bridgehead atoms. The number of aliphatic imine (C=N–C) groups is 1. The molecule has 1 aliphatic rings. The highest BCUT2D eigenvalue weighted by Gasteiger charge is 2.21. The Bertz CT molecular complexity index is 495. The molecule has 2 rings (SSSR count). The number of nitrogens with one attached hydrogen (secondary N) is 2. The van der Waals surface area contributed by atoms with Gasteiger partial charge in [-0.05, 0) is 49.8 Å². The second-order valence-electron chi connectivity index (χ2n) is 6.53. The molecule has 6 heteroatoms. The molecule has 0 aliphatic heterocycles. The van der Waals surface area contributed by atoms with Crippen LogP contribution in [0.3, 0.4) is 0 Å². The fraction of sp³-hybridized carbons (Fsp3) is 0.611. The Balaban J connectivity index is 1.92. The van der Waals surface area contributed by atoms with Crippen LogP contribution in [0, 0.1) is 11.8 Å². The molecule has 0 aromatic heterocycles. The molecule has 0 heterocycles. The zero-order chi connectivity index (χ0) is 17.2. The lowest BCUT2D eigenvalue weighted by Crippen LogP contribution is -2.37. The van der Waals surface area contributed by atoms with Crippen LogP contribution in [0.25, 0.3) is 0 Å². The number of nitrogens with zero attached hydrogens (tertiary/aromatic N) is 1. The highest BCUT2D eigenvalue weighted by atomic mass is 16.3. The molecule has 1 aromatic rings. The third-order valence-corrected chi connectivity index (χ3v) is 4.49. The molecular formula is C18H30N4O2. The van der Waals surface area contributed by atoms with E-state index in [0.29, 0.717) is 17.8 Å². The number of benzene rings is 1. The highest BCUT2D eigenvalue weighted by molar-refractivity contribution is 5.93. The Kier molecular flexibility index (Phi) is 8.01. The number of rotatable bonds is 7. The smallest absolute Gasteiger partial charge is 0.195 e. The molecule has 0 amide bonds. The van der Waals surface area contributed by atoms with Gasteiger partial charge < -0.3 is 26.6 Å². The molecule has 0 radical (unpaired) electrons. The zero-order valence-corrected chi connectivity index (χ0v) is 14.2. The van der Waals surface area contributed by atoms with E-state index in [1.807, 2.05) is 30.3 Å². The van der Waals surface area contributed by atoms with Crippen molar-refractivity contribution in [1.29, 1.82) is 0 Å². The maximum atomic E-state index is 9.53. The zero-order valence-electron chi connectivity index (χ0n) is 14.2. The van der Waals surface area contributed by atoms with Gasteiger partial charge in [0, 0.05) is 12.2 Å². The molecule has 3 unspecified atom stereocenters. The lowest BCUT2D eigenvalue weighted by molar-refractivity contribution is 0.102. The number of guanidine groups is 1. The second-order valence-corrected chi connectivity index (χ2v) is 6.53. The van der Waals surface area contributed by atoms with E-state index >= 15 is 0 Å². The minimum absolute atomic E-state index is 0.161. The highest BCUT2D eigenvalue weighted by Crippen LogP contribution is 2.27. The lowest BCUT2D eigenvalue weighted by atomic mass is 9.81. The van der Waals surface area contributed by atoms with Crippen LogP contribution >= 0.6 is 0 Å². The Morgan fingerprint density at radius 2 is 2.00 bits per heavy atom. The van der Waals surface area contributed by atoms with Crippen molar-refractivity contribution in [2.24, 2.45) is 22.6 Å². The van der Waals surface area contributed by atoms with Crippen molar-refractivity contribution in [2.45, 2.75) is 31.8 Å². The van der Waals surface area contributed by atoms with E-state index < -0.39 is 6.10 Å². The number of para-hydroxylation sites is 1. The molecule has 1 saturated carbocycles. The number of nitrogens with two attached hydrogens (primary N) is 1. The van der Waals surface area contributed by atoms with Gasteiger partial charge in [-0.3, -0.25) is 4.99 Å². The summed E-state index contributed by atoms with van der Waals surface area (Å²) in [7, 11) is 0. The van der Waals surface area contributed by atoms with Crippen molar-refractivity contribution >= 4 is 11.6 Å². The van der Waals surface area contributed by atoms with Gasteiger partial charge in [0.2, 0.25) is 0 Å². The van der Waals surface area contributed by atoms with Crippen molar-refractivity contribution < 1.29 is 10.2 Å². The lowest BCUT2D eigenvalue weighted by Gasteiger charge is -2.29. The summed E-state index contributed by atoms with van der Waals surface area (Å²) in [6.45, 7) is 1.48. The standard InChI is InChI=1S/C18H30N4O2/c19-10-14-5-4-6-15(9-14)11-20-18(21-12-17(24)13-23)22-16-7-2-1-3-8-16/h1-3,7-8,14-15,17,23-24H,4-6,9-13,19H2,(H2,20,21,22). The average Bonchev–Trinajstić information content (AvgIpc) is 2.64. The number of hydrogen-bond donors (Lipinski definition) is 5. The largest absolute Gasteiger partial charge is 0.394 e. The first-order valence-corrected chi connectivity index (χ1v) is 8.80. The van der Waals surface area contributed by atoms with Crippen LogP contribution in [0.4, 0.5) is 5.69 Å². The first-order valence-electron chi connectivity index (χ1n) is 8.80. The van der Waals surface area contributed by atoms with Crippen LogP contribution in [-0.4, -0.2) is 48.5 Å². The molecule has 24 heavy (non-hydrogen) atoms. The fourth-order valence-corrected chi connectivity index (χ4v) is 3.10. The third-order valence-electron chi connectivity index (χ3n) is 4.49. The van der Waals surface area contributed by atoms with Gasteiger partial charge in [-0.1, -0.05) is 24.6 Å². The van der Waals surface area contributed by atoms with E-state index in [2.05, 4.69) is 15.6 Å². The molecule has 0 saturated heterocycles. The number of anilines is 1. The third kappa shape index (κ3) is 6.47. The van der Waals surface area contributed by atoms with E-state index in [4.69, 9.17) is 10.8 Å². The van der Waals surface area contributed by atoms with Crippen LogP contribution < -0.4 is 16.4 Å². The Labute approximate surface area is 144 Å². The Morgan fingerprint density at radius 1 is 1.25 bits per heavy atom. The maximum Gasteiger partial charge on any atom is 0.195 e. The summed E-state index contributed by atoms with van der Waals surface area (Å²) in [6, 6.07) is 9.79. The summed E-state index contributed by atoms with van der Waals surface area (Å²) >= 11 is 0. The van der Waals surface area contributed by atoms with Gasteiger partial charge in [0.05, 0.1) is 19.3 Å². The van der Waals surface area contributed by atoms with E-state index in [1.165, 1.54) is 19.3 Å². The summed E-state index contributed by atoms with van der Waals surface area (Å²) < 4.78 is 0. The Hall–Kier alpha value is -1.63. The van der Waals surface area contributed by atoms with Crippen molar-refractivity contribution in [3.05, 3.63) is 30.3 Å². The van der Waals surface area contributed by atoms with Crippen LogP contribution in [0.2, 0.25) is 0 Å². The first kappa shape index (κ1) is 18.7. The van der Waals surface area contributed by atoms with Crippen LogP contribution in [-0.2, 0) is 0 Å². The van der Waals surface area contributed by atoms with Gasteiger partial charge in [0.15, 0.2) is 5.96 Å². The maximum absolute atomic E-state index is 9.53. The van der Waals surface area contributed by atoms with Gasteiger partial charge in [-0.15, -0.1) is 0 Å². The van der Waals surface area contributed by atoms with Crippen molar-refractivity contribution in [2.75, 3.05) is 31.6 Å². The van der Waals surface area contributed by atoms with E-state index in [0.717, 1.165) is 25.2 Å². The van der Waals surface area contributed by atoms with Crippen molar-refractivity contribution in [3.8, 4) is 0 Å². The summed E-state index contributed by atoms with van der Waals surface area (Å²) in [5.41, 5.74) is 6.75. The molecular weight excluding hydrogens is 304 g/mol. The molecule has 1 fully saturated rings. The average molecular weight is 334 g/mol. The normalized spacial score (nSPS) is 22.9. The van der Waals surface area contributed by atoms with Crippen LogP contribution in [0.15, 0.2) is 35.3 Å². The van der Waals surface area contributed by atoms with E-state index in [9.17, 15) is 5.11 Å². The summed E-state index contributed by atoms with van der Waals surface area (Å²) in [4.78, 5) is 4.37. The number of hydrogen-bond acceptors (Lipinski definition) is 4. The fourth-order valence-electron chi connectivity index (χ4n) is 3.10. The van der Waals surface area contributed by atoms with Gasteiger partial charge in [0.25, 0.3) is 0 Å². The summed E-state index contributed by atoms with van der Waals surface area (Å²) in [5.74, 6) is 1.85. The predicted octanol–water partition coefficient (Wildman–Crippen LogP) is 1.16. The predicted molar refractivity (Wildman–Crippen MR) is 98.0 cm³/mol. The quantitative estimate of drug-likeness (QED) is 0.380. The van der Waals surface area contributed by atoms with Crippen LogP contribution in [0.1, 0.15) is 25.7 Å². The summed E-state index contributed by atoms with van der Waals surface area (Å²) in [6.07, 6.45) is 3.99. The second kappa shape index (κ2) is 10.3. The van der Waals surface area contributed by atoms with Gasteiger partial charge in [-0.25, -0.2) is 0 Å². The minimum Gasteiger partial charge on any atom is -0.394 e. The summed E-state index contributed by atoms with van der Waals surface area (Å²) in [5, 5.41) is 25.1. The first-order chi connectivity index (χ1) is 11.7. The van der Waals surface area contributed by atoms with E-state index in [-0.39, 0.29) is 13.2 Å². The van der Waals surface area contributed by atoms with Gasteiger partial charge in [0.1, 0.15) is 0 Å². The molecule has 6 N–H and O–H groups in total. The van der Waals surface area contributed by atoms with Crippen molar-refractivity contribution in [3.63, 3.8) is 0 Å². The molecule has 1 aromatic carbocycles. The molecule has 6 nitrogen and oxygen atoms in total. The van der Waals surface area contributed by atoms with Crippen molar-refractivity contribution in [1.82, 2.24) is 5.32 Å². The SMILES string of the molecule is NCC1CCCC(CNC(=NCC(O)CO)Nc2ccccc2)C1. The molecule has 3 atom stereocenters. The number of aliphatic hydroxyl groups excluding tert-OH is 2. The molecule has 134 valence electrons. The van der Waals surface area contributed by atoms with Gasteiger partial charge >= 0.3 is 0 Å². The number of aliphatic hydroxyl groups is 2. The Morgan fingerprint density at radius 3 is 2.71 bits per heavy atom.